The summed E-state index contributed by atoms with van der Waals surface area (Å²) in [5.74, 6) is 0. The van der Waals surface area contributed by atoms with Crippen LogP contribution in [-0.2, 0) is 6.54 Å². The first-order valence-electron chi connectivity index (χ1n) is 5.52. The van der Waals surface area contributed by atoms with E-state index in [4.69, 9.17) is 5.11 Å². The molecule has 0 aliphatic heterocycles. The Labute approximate surface area is 94.0 Å². The number of nitrogens with zero attached hydrogens (tertiary/aromatic N) is 1. The number of aryl methyl sites for hydroxylation is 1. The highest BCUT2D eigenvalue weighted by atomic mass is 16.2. The fourth-order valence-corrected chi connectivity index (χ4v) is 1.80. The van der Waals surface area contributed by atoms with Crippen LogP contribution in [0.4, 0.5) is 0 Å². The first-order valence-corrected chi connectivity index (χ1v) is 5.52. The number of aliphatic hydroxyl groups excluding tert-OH is 1. The zero-order chi connectivity index (χ0) is 11.4. The summed E-state index contributed by atoms with van der Waals surface area (Å²) >= 11 is 0. The number of rotatable bonds is 4. The van der Waals surface area contributed by atoms with Gasteiger partial charge in [0.05, 0.1) is 0 Å². The van der Waals surface area contributed by atoms with Gasteiger partial charge in [-0.2, -0.15) is 0 Å². The SMILES string of the molecule is O=c1c2ccccc2ccn1CCCCO. The molecule has 0 spiro atoms. The van der Waals surface area contributed by atoms with Crippen molar-refractivity contribution in [3.05, 3.63) is 46.9 Å². The predicted octanol–water partition coefficient (Wildman–Crippen LogP) is 1.77. The maximum Gasteiger partial charge on any atom is 0.258 e. The Balaban J connectivity index is 2.33. The molecule has 2 rings (SSSR count). The van der Waals surface area contributed by atoms with Crippen LogP contribution in [0.3, 0.4) is 0 Å². The van der Waals surface area contributed by atoms with Crippen LogP contribution in [0.5, 0.6) is 0 Å². The molecule has 0 unspecified atom stereocenters. The van der Waals surface area contributed by atoms with Crippen LogP contribution in [0.2, 0.25) is 0 Å². The molecule has 1 N–H and O–H groups in total. The molecule has 16 heavy (non-hydrogen) atoms. The third-order valence-electron chi connectivity index (χ3n) is 2.69. The minimum absolute atomic E-state index is 0.0519. The van der Waals surface area contributed by atoms with Gasteiger partial charge in [0.2, 0.25) is 0 Å². The minimum atomic E-state index is 0.0519. The van der Waals surface area contributed by atoms with Gasteiger partial charge in [-0.15, -0.1) is 0 Å². The number of aromatic nitrogens is 1. The number of pyridine rings is 1. The molecule has 1 aromatic heterocycles. The van der Waals surface area contributed by atoms with Crippen LogP contribution in [0.25, 0.3) is 10.8 Å². The van der Waals surface area contributed by atoms with Crippen molar-refractivity contribution in [3.63, 3.8) is 0 Å². The highest BCUT2D eigenvalue weighted by Gasteiger charge is 2.00. The van der Waals surface area contributed by atoms with E-state index in [0.717, 1.165) is 23.6 Å². The van der Waals surface area contributed by atoms with Gasteiger partial charge in [0.1, 0.15) is 0 Å². The zero-order valence-electron chi connectivity index (χ0n) is 9.10. The Bertz CT molecular complexity index is 531. The van der Waals surface area contributed by atoms with Crippen molar-refractivity contribution >= 4 is 10.8 Å². The number of hydrogen-bond donors (Lipinski definition) is 1. The van der Waals surface area contributed by atoms with Crippen molar-refractivity contribution < 1.29 is 5.11 Å². The number of fused-ring (bicyclic) bond motifs is 1. The van der Waals surface area contributed by atoms with Gasteiger partial charge < -0.3 is 9.67 Å². The van der Waals surface area contributed by atoms with Crippen molar-refractivity contribution in [2.24, 2.45) is 0 Å². The second-order valence-corrected chi connectivity index (χ2v) is 3.83. The highest BCUT2D eigenvalue weighted by Crippen LogP contribution is 2.08. The molecule has 3 heteroatoms. The number of unbranched alkanes of at least 4 members (excludes halogenated alkanes) is 1. The van der Waals surface area contributed by atoms with Gasteiger partial charge in [-0.25, -0.2) is 0 Å². The van der Waals surface area contributed by atoms with E-state index in [0.29, 0.717) is 6.54 Å². The quantitative estimate of drug-likeness (QED) is 0.793. The molecule has 0 atom stereocenters. The first-order chi connectivity index (χ1) is 7.83. The van der Waals surface area contributed by atoms with Gasteiger partial charge in [-0.3, -0.25) is 4.79 Å². The Morgan fingerprint density at radius 2 is 1.94 bits per heavy atom. The smallest absolute Gasteiger partial charge is 0.258 e. The molecule has 0 saturated carbocycles. The van der Waals surface area contributed by atoms with E-state index in [2.05, 4.69) is 0 Å². The lowest BCUT2D eigenvalue weighted by Crippen LogP contribution is -2.19. The molecule has 0 aliphatic rings. The van der Waals surface area contributed by atoms with E-state index in [-0.39, 0.29) is 12.2 Å². The molecule has 0 bridgehead atoms. The van der Waals surface area contributed by atoms with Crippen LogP contribution in [0.1, 0.15) is 12.8 Å². The Hall–Kier alpha value is -1.61. The summed E-state index contributed by atoms with van der Waals surface area (Å²) in [6.07, 6.45) is 3.38. The van der Waals surface area contributed by atoms with Crippen molar-refractivity contribution in [1.82, 2.24) is 4.57 Å². The molecule has 1 aromatic carbocycles. The molecular weight excluding hydrogens is 202 g/mol. The third-order valence-corrected chi connectivity index (χ3v) is 2.69. The monoisotopic (exact) mass is 217 g/mol. The van der Waals surface area contributed by atoms with E-state index in [1.165, 1.54) is 0 Å². The molecule has 0 radical (unpaired) electrons. The summed E-state index contributed by atoms with van der Waals surface area (Å²) in [7, 11) is 0. The summed E-state index contributed by atoms with van der Waals surface area (Å²) in [6.45, 7) is 0.854. The Kier molecular flexibility index (Phi) is 3.37. The largest absolute Gasteiger partial charge is 0.396 e. The molecule has 0 amide bonds. The zero-order valence-corrected chi connectivity index (χ0v) is 9.10. The lowest BCUT2D eigenvalue weighted by Gasteiger charge is -2.06. The first kappa shape index (κ1) is 10.9. The average Bonchev–Trinajstić information content (AvgIpc) is 2.33. The molecular formula is C13H15NO2. The summed E-state index contributed by atoms with van der Waals surface area (Å²) in [6, 6.07) is 9.55. The van der Waals surface area contributed by atoms with Gasteiger partial charge in [-0.1, -0.05) is 18.2 Å². The highest BCUT2D eigenvalue weighted by molar-refractivity contribution is 5.81. The van der Waals surface area contributed by atoms with Gasteiger partial charge in [0.25, 0.3) is 5.56 Å². The van der Waals surface area contributed by atoms with Crippen LogP contribution >= 0.6 is 0 Å². The fraction of sp³-hybridized carbons (Fsp3) is 0.308. The van der Waals surface area contributed by atoms with E-state index in [1.54, 1.807) is 4.57 Å². The fourth-order valence-electron chi connectivity index (χ4n) is 1.80. The van der Waals surface area contributed by atoms with E-state index >= 15 is 0 Å². The summed E-state index contributed by atoms with van der Waals surface area (Å²) < 4.78 is 1.71. The van der Waals surface area contributed by atoms with Crippen LogP contribution in [-0.4, -0.2) is 16.3 Å². The predicted molar refractivity (Wildman–Crippen MR) is 64.5 cm³/mol. The van der Waals surface area contributed by atoms with Gasteiger partial charge in [0.15, 0.2) is 0 Å². The average molecular weight is 217 g/mol. The number of aliphatic hydroxyl groups is 1. The Morgan fingerprint density at radius 3 is 2.75 bits per heavy atom. The second-order valence-electron chi connectivity index (χ2n) is 3.83. The maximum absolute atomic E-state index is 12.0. The number of hydrogen-bond acceptors (Lipinski definition) is 2. The molecule has 0 aliphatic carbocycles. The van der Waals surface area contributed by atoms with Crippen LogP contribution in [0.15, 0.2) is 41.3 Å². The second kappa shape index (κ2) is 4.94. The molecule has 2 aromatic rings. The van der Waals surface area contributed by atoms with Crippen molar-refractivity contribution in [2.45, 2.75) is 19.4 Å². The lowest BCUT2D eigenvalue weighted by atomic mass is 10.2. The van der Waals surface area contributed by atoms with Crippen LogP contribution < -0.4 is 5.56 Å². The van der Waals surface area contributed by atoms with Crippen molar-refractivity contribution in [3.8, 4) is 0 Å². The lowest BCUT2D eigenvalue weighted by molar-refractivity contribution is 0.281. The summed E-state index contributed by atoms with van der Waals surface area (Å²) in [5, 5.41) is 10.4. The normalized spacial score (nSPS) is 10.8. The third kappa shape index (κ3) is 2.14. The van der Waals surface area contributed by atoms with Gasteiger partial charge in [-0.05, 0) is 30.4 Å². The number of benzene rings is 1. The van der Waals surface area contributed by atoms with Gasteiger partial charge >= 0.3 is 0 Å². The molecule has 0 saturated heterocycles. The maximum atomic E-state index is 12.0. The van der Waals surface area contributed by atoms with Gasteiger partial charge in [0, 0.05) is 24.7 Å². The molecule has 1 heterocycles. The van der Waals surface area contributed by atoms with Crippen molar-refractivity contribution in [2.75, 3.05) is 6.61 Å². The molecule has 3 nitrogen and oxygen atoms in total. The standard InChI is InChI=1S/C13H15NO2/c15-10-4-3-8-14-9-7-11-5-1-2-6-12(11)13(14)16/h1-2,5-7,9,15H,3-4,8,10H2. The summed E-state index contributed by atoms with van der Waals surface area (Å²) in [5.41, 5.74) is 0.0519. The van der Waals surface area contributed by atoms with E-state index in [1.807, 2.05) is 36.5 Å². The van der Waals surface area contributed by atoms with E-state index in [9.17, 15) is 4.79 Å². The summed E-state index contributed by atoms with van der Waals surface area (Å²) in [4.78, 5) is 12.0. The molecule has 84 valence electrons. The minimum Gasteiger partial charge on any atom is -0.396 e. The Morgan fingerprint density at radius 1 is 1.12 bits per heavy atom. The topological polar surface area (TPSA) is 42.2 Å². The van der Waals surface area contributed by atoms with Crippen molar-refractivity contribution in [1.29, 1.82) is 0 Å². The van der Waals surface area contributed by atoms with Crippen LogP contribution in [0, 0.1) is 0 Å². The molecule has 0 fully saturated rings. The van der Waals surface area contributed by atoms with E-state index < -0.39 is 0 Å².